The summed E-state index contributed by atoms with van der Waals surface area (Å²) >= 11 is 0. The molecule has 0 spiro atoms. The Bertz CT molecular complexity index is 506. The normalized spacial score (nSPS) is 17.9. The summed E-state index contributed by atoms with van der Waals surface area (Å²) in [5, 5.41) is 12.1. The number of nitrogens with one attached hydrogen (secondary N) is 1. The molecule has 1 aromatic carbocycles. The van der Waals surface area contributed by atoms with Gasteiger partial charge in [0.1, 0.15) is 0 Å². The van der Waals surface area contributed by atoms with Crippen molar-refractivity contribution in [1.82, 2.24) is 5.32 Å². The van der Waals surface area contributed by atoms with Gasteiger partial charge < -0.3 is 10.4 Å². The summed E-state index contributed by atoms with van der Waals surface area (Å²) in [6.07, 6.45) is 4.80. The third kappa shape index (κ3) is 4.58. The second-order valence-corrected chi connectivity index (χ2v) is 6.46. The first-order valence-electron chi connectivity index (χ1n) is 8.08. The Kier molecular flexibility index (Phi) is 5.58. The van der Waals surface area contributed by atoms with Gasteiger partial charge in [0.2, 0.25) is 5.91 Å². The van der Waals surface area contributed by atoms with Crippen molar-refractivity contribution in [3.63, 3.8) is 0 Å². The Morgan fingerprint density at radius 1 is 1.23 bits per heavy atom. The van der Waals surface area contributed by atoms with Crippen molar-refractivity contribution in [2.45, 2.75) is 63.3 Å². The van der Waals surface area contributed by atoms with E-state index >= 15 is 0 Å². The molecule has 0 bridgehead atoms. The lowest BCUT2D eigenvalue weighted by Gasteiger charge is -2.29. The van der Waals surface area contributed by atoms with E-state index in [4.69, 9.17) is 5.11 Å². The molecule has 0 aliphatic heterocycles. The molecule has 1 aliphatic carbocycles. The van der Waals surface area contributed by atoms with E-state index in [9.17, 15) is 9.59 Å². The van der Waals surface area contributed by atoms with Crippen molar-refractivity contribution < 1.29 is 14.7 Å². The first-order chi connectivity index (χ1) is 10.5. The summed E-state index contributed by atoms with van der Waals surface area (Å²) in [6.45, 7) is 2.12. The van der Waals surface area contributed by atoms with Crippen LogP contribution in [-0.2, 0) is 9.59 Å². The van der Waals surface area contributed by atoms with Gasteiger partial charge in [-0.15, -0.1) is 0 Å². The minimum absolute atomic E-state index is 0.0223. The van der Waals surface area contributed by atoms with Gasteiger partial charge in [0.25, 0.3) is 0 Å². The average molecular weight is 303 g/mol. The molecule has 22 heavy (non-hydrogen) atoms. The molecule has 1 aromatic rings. The fourth-order valence-corrected chi connectivity index (χ4v) is 3.34. The van der Waals surface area contributed by atoms with Crippen LogP contribution in [0.4, 0.5) is 0 Å². The molecule has 1 fully saturated rings. The van der Waals surface area contributed by atoms with Gasteiger partial charge in [0, 0.05) is 6.42 Å². The predicted molar refractivity (Wildman–Crippen MR) is 85.7 cm³/mol. The maximum atomic E-state index is 12.2. The van der Waals surface area contributed by atoms with E-state index in [-0.39, 0.29) is 12.3 Å². The minimum atomic E-state index is -0.833. The molecule has 0 radical (unpaired) electrons. The molecule has 1 unspecified atom stereocenters. The van der Waals surface area contributed by atoms with Gasteiger partial charge in [-0.05, 0) is 30.7 Å². The smallest absolute Gasteiger partial charge is 0.305 e. The van der Waals surface area contributed by atoms with Crippen LogP contribution in [0.15, 0.2) is 30.3 Å². The second-order valence-electron chi connectivity index (χ2n) is 6.46. The Balaban J connectivity index is 1.85. The van der Waals surface area contributed by atoms with E-state index in [0.29, 0.717) is 12.3 Å². The number of carboxylic acid groups (broad SMARTS) is 1. The van der Waals surface area contributed by atoms with Gasteiger partial charge in [-0.2, -0.15) is 0 Å². The summed E-state index contributed by atoms with van der Waals surface area (Å²) in [7, 11) is 0. The van der Waals surface area contributed by atoms with Crippen LogP contribution >= 0.6 is 0 Å². The van der Waals surface area contributed by atoms with Crippen molar-refractivity contribution >= 4 is 11.9 Å². The van der Waals surface area contributed by atoms with Crippen molar-refractivity contribution in [2.24, 2.45) is 0 Å². The molecule has 1 amide bonds. The molecule has 2 N–H and O–H groups in total. The quantitative estimate of drug-likeness (QED) is 0.810. The number of aliphatic carboxylic acids is 1. The molecule has 4 heteroatoms. The van der Waals surface area contributed by atoms with E-state index in [2.05, 4.69) is 24.4 Å². The minimum Gasteiger partial charge on any atom is -0.481 e. The number of hydrogen-bond acceptors (Lipinski definition) is 2. The van der Waals surface area contributed by atoms with Crippen molar-refractivity contribution in [3.05, 3.63) is 35.9 Å². The standard InChI is InChI=1S/C18H25NO3/c1-14(15-7-3-2-4-8-15)9-10-16(20)19-18(13-17(21)22)11-5-6-12-18/h2-4,7-8,14H,5-6,9-13H2,1H3,(H,19,20)(H,21,22). The van der Waals surface area contributed by atoms with E-state index in [0.717, 1.165) is 32.1 Å². The van der Waals surface area contributed by atoms with Crippen LogP contribution in [-0.4, -0.2) is 22.5 Å². The number of hydrogen-bond donors (Lipinski definition) is 2. The monoisotopic (exact) mass is 303 g/mol. The topological polar surface area (TPSA) is 66.4 Å². The first kappa shape index (κ1) is 16.5. The molecule has 1 atom stereocenters. The largest absolute Gasteiger partial charge is 0.481 e. The van der Waals surface area contributed by atoms with E-state index < -0.39 is 11.5 Å². The SMILES string of the molecule is CC(CCC(=O)NC1(CC(=O)O)CCCC1)c1ccccc1. The number of amides is 1. The highest BCUT2D eigenvalue weighted by molar-refractivity contribution is 5.78. The zero-order valence-electron chi connectivity index (χ0n) is 13.2. The van der Waals surface area contributed by atoms with Crippen LogP contribution in [0.5, 0.6) is 0 Å². The Morgan fingerprint density at radius 3 is 2.45 bits per heavy atom. The fraction of sp³-hybridized carbons (Fsp3) is 0.556. The summed E-state index contributed by atoms with van der Waals surface area (Å²) in [5.74, 6) is -0.531. The van der Waals surface area contributed by atoms with Gasteiger partial charge in [-0.1, -0.05) is 50.1 Å². The Morgan fingerprint density at radius 2 is 1.86 bits per heavy atom. The number of benzene rings is 1. The van der Waals surface area contributed by atoms with E-state index in [1.165, 1.54) is 5.56 Å². The maximum Gasteiger partial charge on any atom is 0.305 e. The molecule has 0 aromatic heterocycles. The zero-order chi connectivity index (χ0) is 16.0. The van der Waals surface area contributed by atoms with Crippen LogP contribution in [0, 0.1) is 0 Å². The number of carboxylic acids is 1. The molecular weight excluding hydrogens is 278 g/mol. The van der Waals surface area contributed by atoms with Crippen LogP contribution in [0.2, 0.25) is 0 Å². The molecule has 1 aliphatic rings. The van der Waals surface area contributed by atoms with Crippen LogP contribution in [0.25, 0.3) is 0 Å². The molecule has 1 saturated carbocycles. The highest BCUT2D eigenvalue weighted by Gasteiger charge is 2.37. The molecule has 0 saturated heterocycles. The lowest BCUT2D eigenvalue weighted by molar-refractivity contribution is -0.139. The van der Waals surface area contributed by atoms with Crippen molar-refractivity contribution in [1.29, 1.82) is 0 Å². The number of rotatable bonds is 7. The zero-order valence-corrected chi connectivity index (χ0v) is 13.2. The Hall–Kier alpha value is -1.84. The predicted octanol–water partition coefficient (Wildman–Crippen LogP) is 3.47. The van der Waals surface area contributed by atoms with Crippen LogP contribution in [0.1, 0.15) is 63.4 Å². The fourth-order valence-electron chi connectivity index (χ4n) is 3.34. The summed E-state index contributed by atoms with van der Waals surface area (Å²) < 4.78 is 0. The van der Waals surface area contributed by atoms with Gasteiger partial charge in [0.15, 0.2) is 0 Å². The molecule has 0 heterocycles. The highest BCUT2D eigenvalue weighted by Crippen LogP contribution is 2.33. The third-order valence-corrected chi connectivity index (χ3v) is 4.63. The lowest BCUT2D eigenvalue weighted by Crippen LogP contribution is -2.47. The van der Waals surface area contributed by atoms with Crippen LogP contribution in [0.3, 0.4) is 0 Å². The molecule has 2 rings (SSSR count). The van der Waals surface area contributed by atoms with Crippen molar-refractivity contribution in [2.75, 3.05) is 0 Å². The average Bonchev–Trinajstić information content (AvgIpc) is 2.92. The molecule has 4 nitrogen and oxygen atoms in total. The number of carbonyl (C=O) groups is 2. The van der Waals surface area contributed by atoms with Crippen LogP contribution < -0.4 is 5.32 Å². The Labute approximate surface area is 131 Å². The third-order valence-electron chi connectivity index (χ3n) is 4.63. The molecular formula is C18H25NO3. The van der Waals surface area contributed by atoms with Gasteiger partial charge in [-0.3, -0.25) is 9.59 Å². The van der Waals surface area contributed by atoms with Gasteiger partial charge >= 0.3 is 5.97 Å². The van der Waals surface area contributed by atoms with E-state index in [1.54, 1.807) is 0 Å². The summed E-state index contributed by atoms with van der Waals surface area (Å²) in [6, 6.07) is 10.1. The van der Waals surface area contributed by atoms with Gasteiger partial charge in [0.05, 0.1) is 12.0 Å². The maximum absolute atomic E-state index is 12.2. The first-order valence-corrected chi connectivity index (χ1v) is 8.08. The lowest BCUT2D eigenvalue weighted by atomic mass is 9.92. The highest BCUT2D eigenvalue weighted by atomic mass is 16.4. The van der Waals surface area contributed by atoms with Crippen molar-refractivity contribution in [3.8, 4) is 0 Å². The summed E-state index contributed by atoms with van der Waals surface area (Å²) in [4.78, 5) is 23.3. The summed E-state index contributed by atoms with van der Waals surface area (Å²) in [5.41, 5.74) is 0.718. The van der Waals surface area contributed by atoms with Gasteiger partial charge in [-0.25, -0.2) is 0 Å². The molecule has 120 valence electrons. The van der Waals surface area contributed by atoms with E-state index in [1.807, 2.05) is 18.2 Å². The number of carbonyl (C=O) groups excluding carboxylic acids is 1. The second kappa shape index (κ2) is 7.43.